The fourth-order valence-corrected chi connectivity index (χ4v) is 4.44. The van der Waals surface area contributed by atoms with Crippen molar-refractivity contribution in [1.82, 2.24) is 0 Å². The van der Waals surface area contributed by atoms with E-state index >= 15 is 0 Å². The molecule has 0 bridgehead atoms. The fourth-order valence-electron chi connectivity index (χ4n) is 4.44. The number of phenols is 1. The maximum absolute atomic E-state index is 9.99. The molecule has 0 aliphatic heterocycles. The fraction of sp³-hybridized carbons (Fsp3) is 0.600. The lowest BCUT2D eigenvalue weighted by atomic mass is 9.78. The van der Waals surface area contributed by atoms with Crippen LogP contribution in [0.1, 0.15) is 68.9 Å². The second-order valence-electron chi connectivity index (χ2n) is 6.84. The van der Waals surface area contributed by atoms with Gasteiger partial charge in [-0.2, -0.15) is 0 Å². The molecule has 3 rings (SSSR count). The normalized spacial score (nSPS) is 26.2. The van der Waals surface area contributed by atoms with Crippen LogP contribution in [-0.4, -0.2) is 12.2 Å². The minimum absolute atomic E-state index is 0.286. The molecule has 120 valence electrons. The number of rotatable bonds is 4. The minimum Gasteiger partial charge on any atom is -0.504 e. The van der Waals surface area contributed by atoms with Crippen LogP contribution in [0.25, 0.3) is 0 Å². The standard InChI is InChI=1S/C20H28O2/c1-3-14-6-4-7-15(14)10-11-16-8-5-9-17-12-19(21)20(22-2)13-18(16)17/h3,12-13,15-16,21H,4-11H2,1-2H3/b14-3+. The molecule has 1 saturated carbocycles. The highest BCUT2D eigenvalue weighted by Crippen LogP contribution is 2.43. The molecule has 2 heteroatoms. The van der Waals surface area contributed by atoms with E-state index in [1.165, 1.54) is 56.1 Å². The van der Waals surface area contributed by atoms with Gasteiger partial charge in [-0.3, -0.25) is 0 Å². The van der Waals surface area contributed by atoms with Gasteiger partial charge in [-0.25, -0.2) is 0 Å². The van der Waals surface area contributed by atoms with Gasteiger partial charge in [-0.05, 0) is 93.4 Å². The summed E-state index contributed by atoms with van der Waals surface area (Å²) in [6.45, 7) is 2.19. The Labute approximate surface area is 134 Å². The monoisotopic (exact) mass is 300 g/mol. The SMILES string of the molecule is C/C=C1\CCCC1CCC1CCCc2cc(O)c(OC)cc21. The van der Waals surface area contributed by atoms with Crippen LogP contribution in [0.2, 0.25) is 0 Å². The number of methoxy groups -OCH3 is 1. The van der Waals surface area contributed by atoms with Gasteiger partial charge in [-0.15, -0.1) is 0 Å². The second kappa shape index (κ2) is 6.76. The predicted octanol–water partition coefficient (Wildman–Crippen LogP) is 5.35. The first-order chi connectivity index (χ1) is 10.7. The Hall–Kier alpha value is -1.44. The van der Waals surface area contributed by atoms with Crippen LogP contribution >= 0.6 is 0 Å². The zero-order valence-corrected chi connectivity index (χ0v) is 13.9. The molecule has 1 fully saturated rings. The van der Waals surface area contributed by atoms with E-state index in [1.54, 1.807) is 12.7 Å². The smallest absolute Gasteiger partial charge is 0.160 e. The third-order valence-electron chi connectivity index (χ3n) is 5.66. The average molecular weight is 300 g/mol. The van der Waals surface area contributed by atoms with Crippen LogP contribution in [0, 0.1) is 5.92 Å². The van der Waals surface area contributed by atoms with Crippen molar-refractivity contribution in [2.75, 3.05) is 7.11 Å². The predicted molar refractivity (Wildman–Crippen MR) is 90.7 cm³/mol. The number of aromatic hydroxyl groups is 1. The van der Waals surface area contributed by atoms with Gasteiger partial charge in [0.1, 0.15) is 0 Å². The summed E-state index contributed by atoms with van der Waals surface area (Å²) in [6, 6.07) is 4.01. The minimum atomic E-state index is 0.286. The molecule has 0 radical (unpaired) electrons. The molecule has 0 aromatic heterocycles. The molecule has 2 nitrogen and oxygen atoms in total. The molecule has 1 aromatic carbocycles. The summed E-state index contributed by atoms with van der Waals surface area (Å²) in [5, 5.41) is 9.99. The van der Waals surface area contributed by atoms with Crippen molar-refractivity contribution in [1.29, 1.82) is 0 Å². The highest BCUT2D eigenvalue weighted by Gasteiger charge is 2.25. The molecule has 2 aliphatic carbocycles. The Morgan fingerprint density at radius 1 is 1.14 bits per heavy atom. The van der Waals surface area contributed by atoms with Crippen LogP contribution in [0.4, 0.5) is 0 Å². The summed E-state index contributed by atoms with van der Waals surface area (Å²) in [7, 11) is 1.64. The largest absolute Gasteiger partial charge is 0.504 e. The van der Waals surface area contributed by atoms with Gasteiger partial charge in [0.05, 0.1) is 7.11 Å². The van der Waals surface area contributed by atoms with Crippen molar-refractivity contribution < 1.29 is 9.84 Å². The maximum atomic E-state index is 9.99. The van der Waals surface area contributed by atoms with Crippen molar-refractivity contribution >= 4 is 0 Å². The lowest BCUT2D eigenvalue weighted by molar-refractivity contribution is 0.369. The van der Waals surface area contributed by atoms with Crippen LogP contribution in [0.3, 0.4) is 0 Å². The number of allylic oxidation sites excluding steroid dienone is 2. The third kappa shape index (κ3) is 3.02. The zero-order chi connectivity index (χ0) is 15.5. The summed E-state index contributed by atoms with van der Waals surface area (Å²) >= 11 is 0. The Kier molecular flexibility index (Phi) is 4.75. The Balaban J connectivity index is 1.74. The van der Waals surface area contributed by atoms with Crippen molar-refractivity contribution in [3.05, 3.63) is 34.9 Å². The molecule has 0 heterocycles. The van der Waals surface area contributed by atoms with Crippen molar-refractivity contribution in [3.8, 4) is 11.5 Å². The number of hydrogen-bond acceptors (Lipinski definition) is 2. The molecule has 2 atom stereocenters. The quantitative estimate of drug-likeness (QED) is 0.760. The van der Waals surface area contributed by atoms with E-state index in [0.717, 1.165) is 12.3 Å². The van der Waals surface area contributed by atoms with Gasteiger partial charge in [0, 0.05) is 0 Å². The molecule has 0 saturated heterocycles. The molecule has 1 N–H and O–H groups in total. The van der Waals surface area contributed by atoms with Gasteiger partial charge in [-0.1, -0.05) is 11.6 Å². The number of ether oxygens (including phenoxy) is 1. The Bertz CT molecular complexity index is 559. The van der Waals surface area contributed by atoms with E-state index in [1.807, 2.05) is 6.07 Å². The number of phenolic OH excluding ortho intramolecular Hbond substituents is 1. The van der Waals surface area contributed by atoms with Crippen LogP contribution in [0.5, 0.6) is 11.5 Å². The van der Waals surface area contributed by atoms with Gasteiger partial charge in [0.15, 0.2) is 11.5 Å². The average Bonchev–Trinajstić information content (AvgIpc) is 2.99. The maximum Gasteiger partial charge on any atom is 0.160 e. The van der Waals surface area contributed by atoms with Gasteiger partial charge in [0.25, 0.3) is 0 Å². The summed E-state index contributed by atoms with van der Waals surface area (Å²) in [4.78, 5) is 0. The summed E-state index contributed by atoms with van der Waals surface area (Å²) in [5.41, 5.74) is 4.42. The molecular formula is C20H28O2. The molecule has 22 heavy (non-hydrogen) atoms. The van der Waals surface area contributed by atoms with E-state index in [4.69, 9.17) is 4.74 Å². The Morgan fingerprint density at radius 2 is 1.86 bits per heavy atom. The highest BCUT2D eigenvalue weighted by atomic mass is 16.5. The summed E-state index contributed by atoms with van der Waals surface area (Å²) < 4.78 is 5.31. The number of fused-ring (bicyclic) bond motifs is 1. The third-order valence-corrected chi connectivity index (χ3v) is 5.66. The first-order valence-corrected chi connectivity index (χ1v) is 8.77. The lowest BCUT2D eigenvalue weighted by Crippen LogP contribution is -2.12. The van der Waals surface area contributed by atoms with E-state index < -0.39 is 0 Å². The molecule has 0 spiro atoms. The van der Waals surface area contributed by atoms with Crippen molar-refractivity contribution in [2.24, 2.45) is 5.92 Å². The van der Waals surface area contributed by atoms with Crippen LogP contribution < -0.4 is 4.74 Å². The van der Waals surface area contributed by atoms with Crippen LogP contribution in [-0.2, 0) is 6.42 Å². The Morgan fingerprint density at radius 3 is 2.64 bits per heavy atom. The molecule has 2 aliphatic rings. The molecular weight excluding hydrogens is 272 g/mol. The first kappa shape index (κ1) is 15.5. The number of benzene rings is 1. The van der Waals surface area contributed by atoms with Crippen LogP contribution in [0.15, 0.2) is 23.8 Å². The highest BCUT2D eigenvalue weighted by molar-refractivity contribution is 5.48. The zero-order valence-electron chi connectivity index (χ0n) is 13.9. The van der Waals surface area contributed by atoms with Gasteiger partial charge in [0.2, 0.25) is 0 Å². The topological polar surface area (TPSA) is 29.5 Å². The van der Waals surface area contributed by atoms with E-state index in [0.29, 0.717) is 11.7 Å². The molecule has 0 amide bonds. The second-order valence-corrected chi connectivity index (χ2v) is 6.84. The van der Waals surface area contributed by atoms with Gasteiger partial charge < -0.3 is 9.84 Å². The van der Waals surface area contributed by atoms with Crippen molar-refractivity contribution in [3.63, 3.8) is 0 Å². The molecule has 2 unspecified atom stereocenters. The lowest BCUT2D eigenvalue weighted by Gasteiger charge is -2.27. The summed E-state index contributed by atoms with van der Waals surface area (Å²) in [6.07, 6.45) is 12.6. The number of aryl methyl sites for hydroxylation is 1. The molecule has 1 aromatic rings. The first-order valence-electron chi connectivity index (χ1n) is 8.77. The van der Waals surface area contributed by atoms with Gasteiger partial charge >= 0.3 is 0 Å². The number of hydrogen-bond donors (Lipinski definition) is 1. The summed E-state index contributed by atoms with van der Waals surface area (Å²) in [5.74, 6) is 2.36. The van der Waals surface area contributed by atoms with E-state index in [-0.39, 0.29) is 5.75 Å². The van der Waals surface area contributed by atoms with E-state index in [2.05, 4.69) is 19.1 Å². The van der Waals surface area contributed by atoms with Crippen molar-refractivity contribution in [2.45, 2.75) is 64.2 Å². The van der Waals surface area contributed by atoms with E-state index in [9.17, 15) is 5.11 Å².